The van der Waals surface area contributed by atoms with E-state index in [1.165, 1.54) is 12.0 Å². The van der Waals surface area contributed by atoms with E-state index in [4.69, 9.17) is 20.8 Å². The molecule has 1 saturated heterocycles. The van der Waals surface area contributed by atoms with Crippen LogP contribution < -0.4 is 10.2 Å². The Morgan fingerprint density at radius 1 is 1.31 bits per heavy atom. The van der Waals surface area contributed by atoms with Gasteiger partial charge in [0.2, 0.25) is 11.2 Å². The molecule has 0 N–H and O–H groups in total. The molecule has 2 heterocycles. The Kier molecular flexibility index (Phi) is 5.32. The zero-order valence-electron chi connectivity index (χ0n) is 14.3. The Morgan fingerprint density at radius 2 is 1.96 bits per heavy atom. The number of methoxy groups -OCH3 is 1. The number of ether oxygens (including phenoxy) is 1. The molecule has 0 saturated carbocycles. The van der Waals surface area contributed by atoms with Crippen molar-refractivity contribution in [3.05, 3.63) is 63.2 Å². The molecule has 0 aliphatic carbocycles. The number of benzene rings is 1. The number of carbonyl (C=O) groups excluding carboxylic acids is 1. The molecule has 138 valence electrons. The average molecular weight is 380 g/mol. The van der Waals surface area contributed by atoms with E-state index in [0.29, 0.717) is 5.02 Å². The second-order valence-corrected chi connectivity index (χ2v) is 6.86. The minimum Gasteiger partial charge on any atom is -0.490 e. The van der Waals surface area contributed by atoms with Gasteiger partial charge in [-0.3, -0.25) is 9.59 Å². The monoisotopic (exact) mass is 379 g/mol. The van der Waals surface area contributed by atoms with Gasteiger partial charge in [-0.25, -0.2) is 4.39 Å². The molecule has 1 aliphatic rings. The molecule has 5 nitrogen and oxygen atoms in total. The second kappa shape index (κ2) is 7.50. The van der Waals surface area contributed by atoms with Crippen LogP contribution in [0.4, 0.5) is 4.39 Å². The van der Waals surface area contributed by atoms with Gasteiger partial charge in [0.05, 0.1) is 7.11 Å². The summed E-state index contributed by atoms with van der Waals surface area (Å²) in [5, 5.41) is 0.614. The van der Waals surface area contributed by atoms with Crippen LogP contribution >= 0.6 is 11.6 Å². The molecule has 2 aromatic rings. The summed E-state index contributed by atoms with van der Waals surface area (Å²) in [4.78, 5) is 25.7. The number of hydrogen-bond donors (Lipinski definition) is 0. The predicted molar refractivity (Wildman–Crippen MR) is 95.7 cm³/mol. The topological polar surface area (TPSA) is 59.8 Å². The molecular formula is C19H19ClFNO4. The fraction of sp³-hybridized carbons (Fsp3) is 0.368. The fourth-order valence-electron chi connectivity index (χ4n) is 3.07. The number of rotatable bonds is 4. The Morgan fingerprint density at radius 3 is 2.54 bits per heavy atom. The summed E-state index contributed by atoms with van der Waals surface area (Å²) in [7, 11) is 1.35. The maximum atomic E-state index is 15.1. The van der Waals surface area contributed by atoms with E-state index in [0.717, 1.165) is 17.9 Å². The number of likely N-dealkylation sites (tertiary alicyclic amines) is 1. The van der Waals surface area contributed by atoms with Crippen LogP contribution in [0.15, 0.2) is 45.8 Å². The molecule has 1 aliphatic heterocycles. The van der Waals surface area contributed by atoms with E-state index in [1.807, 2.05) is 12.1 Å². The zero-order valence-corrected chi connectivity index (χ0v) is 15.1. The van der Waals surface area contributed by atoms with Gasteiger partial charge in [-0.1, -0.05) is 23.7 Å². The first-order valence-electron chi connectivity index (χ1n) is 8.30. The molecule has 0 radical (unpaired) electrons. The van der Waals surface area contributed by atoms with Crippen molar-refractivity contribution >= 4 is 17.5 Å². The van der Waals surface area contributed by atoms with Gasteiger partial charge in [-0.2, -0.15) is 0 Å². The Hall–Kier alpha value is -2.34. The van der Waals surface area contributed by atoms with Gasteiger partial charge in [0.15, 0.2) is 5.76 Å². The highest BCUT2D eigenvalue weighted by atomic mass is 35.5. The first-order chi connectivity index (χ1) is 12.4. The van der Waals surface area contributed by atoms with E-state index >= 15 is 4.39 Å². The second-order valence-electron chi connectivity index (χ2n) is 6.42. The van der Waals surface area contributed by atoms with Crippen molar-refractivity contribution in [1.82, 2.24) is 4.90 Å². The van der Waals surface area contributed by atoms with Crippen molar-refractivity contribution in [1.29, 1.82) is 0 Å². The smallest absolute Gasteiger partial charge is 0.289 e. The van der Waals surface area contributed by atoms with Gasteiger partial charge in [0, 0.05) is 30.6 Å². The van der Waals surface area contributed by atoms with E-state index < -0.39 is 17.0 Å². The molecule has 1 aromatic heterocycles. The molecule has 0 unspecified atom stereocenters. The van der Waals surface area contributed by atoms with Gasteiger partial charge in [-0.15, -0.1) is 0 Å². The lowest BCUT2D eigenvalue weighted by Gasteiger charge is -2.36. The number of alkyl halides is 1. The summed E-state index contributed by atoms with van der Waals surface area (Å²) in [6.45, 7) is 0.525. The predicted octanol–water partition coefficient (Wildman–Crippen LogP) is 3.49. The van der Waals surface area contributed by atoms with Crippen LogP contribution in [0.2, 0.25) is 5.02 Å². The molecule has 0 spiro atoms. The Labute approximate surface area is 155 Å². The van der Waals surface area contributed by atoms with Crippen molar-refractivity contribution in [2.75, 3.05) is 20.2 Å². The minimum absolute atomic E-state index is 0.0333. The maximum Gasteiger partial charge on any atom is 0.289 e. The quantitative estimate of drug-likeness (QED) is 0.816. The third-order valence-corrected chi connectivity index (χ3v) is 4.86. The highest BCUT2D eigenvalue weighted by Gasteiger charge is 2.36. The molecule has 7 heteroatoms. The van der Waals surface area contributed by atoms with Crippen molar-refractivity contribution in [3.8, 4) is 5.75 Å². The van der Waals surface area contributed by atoms with E-state index in [1.54, 1.807) is 12.1 Å². The highest BCUT2D eigenvalue weighted by Crippen LogP contribution is 2.31. The largest absolute Gasteiger partial charge is 0.490 e. The van der Waals surface area contributed by atoms with Crippen LogP contribution in [0.3, 0.4) is 0 Å². The lowest BCUT2D eigenvalue weighted by molar-refractivity contribution is 0.0412. The van der Waals surface area contributed by atoms with E-state index in [2.05, 4.69) is 0 Å². The van der Waals surface area contributed by atoms with Crippen molar-refractivity contribution in [3.63, 3.8) is 0 Å². The Balaban J connectivity index is 1.63. The lowest BCUT2D eigenvalue weighted by atomic mass is 9.87. The number of carbonyl (C=O) groups is 1. The summed E-state index contributed by atoms with van der Waals surface area (Å²) in [6.07, 6.45) is 1.84. The molecular weight excluding hydrogens is 361 g/mol. The highest BCUT2D eigenvalue weighted by molar-refractivity contribution is 6.30. The SMILES string of the molecule is COc1coc(C(=O)N2CCC(F)(Cc3ccc(Cl)cc3)CC2)cc1=O. The molecule has 0 atom stereocenters. The summed E-state index contributed by atoms with van der Waals surface area (Å²) < 4.78 is 25.1. The maximum absolute atomic E-state index is 15.1. The first kappa shape index (κ1) is 18.5. The molecule has 26 heavy (non-hydrogen) atoms. The Bertz CT molecular complexity index is 841. The molecule has 1 amide bonds. The fourth-order valence-corrected chi connectivity index (χ4v) is 3.20. The van der Waals surface area contributed by atoms with E-state index in [9.17, 15) is 9.59 Å². The molecule has 0 bridgehead atoms. The lowest BCUT2D eigenvalue weighted by Crippen LogP contribution is -2.45. The van der Waals surface area contributed by atoms with Crippen molar-refractivity contribution < 1.29 is 18.3 Å². The third kappa shape index (κ3) is 4.07. The first-order valence-corrected chi connectivity index (χ1v) is 8.67. The number of amides is 1. The van der Waals surface area contributed by atoms with Crippen LogP contribution in [0.5, 0.6) is 5.75 Å². The minimum atomic E-state index is -1.37. The molecule has 3 rings (SSSR count). The summed E-state index contributed by atoms with van der Waals surface area (Å²) >= 11 is 5.85. The van der Waals surface area contributed by atoms with Crippen LogP contribution in [-0.2, 0) is 6.42 Å². The van der Waals surface area contributed by atoms with Crippen molar-refractivity contribution in [2.45, 2.75) is 24.9 Å². The number of hydrogen-bond acceptors (Lipinski definition) is 4. The van der Waals surface area contributed by atoms with Gasteiger partial charge in [-0.05, 0) is 30.5 Å². The van der Waals surface area contributed by atoms with Gasteiger partial charge in [0.1, 0.15) is 11.9 Å². The van der Waals surface area contributed by atoms with Crippen molar-refractivity contribution in [2.24, 2.45) is 0 Å². The number of nitrogens with zero attached hydrogens (tertiary/aromatic N) is 1. The van der Waals surface area contributed by atoms with Crippen LogP contribution in [0.25, 0.3) is 0 Å². The summed E-state index contributed by atoms with van der Waals surface area (Å²) in [6, 6.07) is 8.21. The molecule has 1 fully saturated rings. The van der Waals surface area contributed by atoms with Crippen LogP contribution in [0.1, 0.15) is 29.0 Å². The average Bonchev–Trinajstić information content (AvgIpc) is 2.63. The summed E-state index contributed by atoms with van der Waals surface area (Å²) in [5.74, 6) is -0.455. The standard InChI is InChI=1S/C19H19ClFNO4/c1-25-17-12-26-16(10-15(17)23)18(24)22-8-6-19(21,7-9-22)11-13-2-4-14(20)5-3-13/h2-5,10,12H,6-9,11H2,1H3. The van der Waals surface area contributed by atoms with E-state index in [-0.39, 0.29) is 43.9 Å². The number of halogens is 2. The third-order valence-electron chi connectivity index (χ3n) is 4.61. The zero-order chi connectivity index (χ0) is 18.7. The van der Waals surface area contributed by atoms with Crippen LogP contribution in [-0.4, -0.2) is 36.7 Å². The van der Waals surface area contributed by atoms with Crippen LogP contribution in [0, 0.1) is 0 Å². The normalized spacial score (nSPS) is 16.3. The molecule has 1 aromatic carbocycles. The summed E-state index contributed by atoms with van der Waals surface area (Å²) in [5.41, 5.74) is -0.926. The van der Waals surface area contributed by atoms with Gasteiger partial charge in [0.25, 0.3) is 5.91 Å². The van der Waals surface area contributed by atoms with Gasteiger partial charge >= 0.3 is 0 Å². The van der Waals surface area contributed by atoms with Gasteiger partial charge < -0.3 is 14.1 Å². The number of piperidine rings is 1.